The van der Waals surface area contributed by atoms with E-state index in [9.17, 15) is 19.2 Å². The molecule has 0 spiro atoms. The lowest BCUT2D eigenvalue weighted by atomic mass is 10.1. The SMILES string of the molecule is COc1c2cc(C)cc1CSCCOC(=O)c1cccc(n1)C(=O)OCCSCc1cc(C)cc(c1OC)CSCCOC(=O)c1cccc(n1)C(=O)OCCSC2. The van der Waals surface area contributed by atoms with E-state index < -0.39 is 23.9 Å². The van der Waals surface area contributed by atoms with Crippen LogP contribution in [0.25, 0.3) is 0 Å². The van der Waals surface area contributed by atoms with Crippen molar-refractivity contribution < 1.29 is 47.6 Å². The molecule has 0 atom stereocenters. The van der Waals surface area contributed by atoms with Gasteiger partial charge in [0.1, 0.15) is 60.7 Å². The molecule has 0 amide bonds. The van der Waals surface area contributed by atoms with E-state index in [-0.39, 0.29) is 49.2 Å². The van der Waals surface area contributed by atoms with Crippen LogP contribution in [0, 0.1) is 13.8 Å². The normalized spacial score (nSPS) is 16.2. The molecular formula is C42H46N2O10S4. The zero-order chi connectivity index (χ0) is 41.3. The Morgan fingerprint density at radius 3 is 0.966 bits per heavy atom. The zero-order valence-electron chi connectivity index (χ0n) is 32.9. The summed E-state index contributed by atoms with van der Waals surface area (Å²) in [5, 5.41) is 0. The van der Waals surface area contributed by atoms with Gasteiger partial charge in [0.05, 0.1) is 14.2 Å². The molecule has 2 aromatic heterocycles. The molecule has 0 unspecified atom stereocenters. The van der Waals surface area contributed by atoms with Crippen molar-refractivity contribution in [3.05, 3.63) is 117 Å². The smallest absolute Gasteiger partial charge is 0.356 e. The summed E-state index contributed by atoms with van der Waals surface area (Å²) < 4.78 is 33.5. The van der Waals surface area contributed by atoms with Gasteiger partial charge in [-0.2, -0.15) is 47.0 Å². The van der Waals surface area contributed by atoms with Gasteiger partial charge in [0.2, 0.25) is 0 Å². The minimum Gasteiger partial charge on any atom is -0.496 e. The molecule has 16 heteroatoms. The molecule has 8 bridgehead atoms. The molecule has 0 radical (unpaired) electrons. The molecule has 0 aliphatic carbocycles. The largest absolute Gasteiger partial charge is 0.496 e. The molecule has 3 heterocycles. The fraction of sp³-hybridized carbons (Fsp3) is 0.381. The van der Waals surface area contributed by atoms with Crippen LogP contribution in [0.2, 0.25) is 0 Å². The lowest BCUT2D eigenvalue weighted by Gasteiger charge is -2.15. The summed E-state index contributed by atoms with van der Waals surface area (Å²) in [6.07, 6.45) is 0. The van der Waals surface area contributed by atoms with Crippen molar-refractivity contribution in [1.82, 2.24) is 9.97 Å². The van der Waals surface area contributed by atoms with E-state index in [0.29, 0.717) is 46.0 Å². The van der Waals surface area contributed by atoms with Crippen molar-refractivity contribution >= 4 is 70.9 Å². The number of hydrogen-bond acceptors (Lipinski definition) is 16. The number of thioether (sulfide) groups is 4. The van der Waals surface area contributed by atoms with Crippen LogP contribution in [0.1, 0.15) is 75.3 Å². The molecule has 0 saturated carbocycles. The summed E-state index contributed by atoms with van der Waals surface area (Å²) in [5.41, 5.74) is 6.34. The quantitative estimate of drug-likeness (QED) is 0.142. The second-order valence-corrected chi connectivity index (χ2v) is 17.2. The number of benzene rings is 2. The monoisotopic (exact) mass is 866 g/mol. The van der Waals surface area contributed by atoms with Gasteiger partial charge in [-0.05, 0) is 38.1 Å². The Morgan fingerprint density at radius 1 is 0.466 bits per heavy atom. The summed E-state index contributed by atoms with van der Waals surface area (Å²) in [7, 11) is 3.28. The van der Waals surface area contributed by atoms with Crippen LogP contribution in [0.5, 0.6) is 11.5 Å². The number of aromatic nitrogens is 2. The van der Waals surface area contributed by atoms with Crippen LogP contribution in [-0.2, 0) is 42.0 Å². The van der Waals surface area contributed by atoms with Gasteiger partial charge >= 0.3 is 23.9 Å². The van der Waals surface area contributed by atoms with Crippen molar-refractivity contribution in [2.45, 2.75) is 36.9 Å². The highest BCUT2D eigenvalue weighted by Crippen LogP contribution is 2.33. The maximum atomic E-state index is 12.8. The molecule has 2 aromatic carbocycles. The lowest BCUT2D eigenvalue weighted by molar-refractivity contribution is 0.0497. The van der Waals surface area contributed by atoms with Crippen LogP contribution in [0.3, 0.4) is 0 Å². The summed E-state index contributed by atoms with van der Waals surface area (Å²) in [6.45, 7) is 4.66. The van der Waals surface area contributed by atoms with Crippen LogP contribution in [0.4, 0.5) is 0 Å². The third-order valence-electron chi connectivity index (χ3n) is 8.39. The van der Waals surface area contributed by atoms with Gasteiger partial charge in [-0.3, -0.25) is 0 Å². The van der Waals surface area contributed by atoms with Gasteiger partial charge in [0.15, 0.2) is 0 Å². The number of hydrogen-bond donors (Lipinski definition) is 0. The first kappa shape index (κ1) is 44.7. The molecule has 1 aliphatic rings. The number of rotatable bonds is 2. The number of methoxy groups -OCH3 is 2. The topological polar surface area (TPSA) is 149 Å². The number of esters is 4. The van der Waals surface area contributed by atoms with Crippen molar-refractivity contribution in [2.75, 3.05) is 63.7 Å². The standard InChI is InChI=1S/C42H46N2O10S4/c1-27-19-29-23-55-15-11-51-39(45)33-7-5-9-35(43-33)41(47)53-13-17-57-25-31-21-28(2)22-32(38(31)50-4)26-58-18-14-54-42(48)36-10-6-8-34(44-36)40(46)52-12-16-56-24-30(20-27)37(29)49-3/h5-10,19-22H,11-18,23-26H2,1-4H3. The van der Waals surface area contributed by atoms with E-state index in [1.54, 1.807) is 73.4 Å². The highest BCUT2D eigenvalue weighted by Gasteiger charge is 2.18. The number of ether oxygens (including phenoxy) is 6. The number of aryl methyl sites for hydroxylation is 2. The van der Waals surface area contributed by atoms with Gasteiger partial charge < -0.3 is 28.4 Å². The highest BCUT2D eigenvalue weighted by atomic mass is 32.2. The zero-order valence-corrected chi connectivity index (χ0v) is 36.1. The maximum absolute atomic E-state index is 12.8. The predicted molar refractivity (Wildman–Crippen MR) is 230 cm³/mol. The Hall–Kier alpha value is -4.38. The molecule has 0 N–H and O–H groups in total. The minimum absolute atomic E-state index is 0.0294. The number of carbonyl (C=O) groups excluding carboxylic acids is 4. The van der Waals surface area contributed by atoms with E-state index in [4.69, 9.17) is 28.4 Å². The van der Waals surface area contributed by atoms with E-state index in [2.05, 4.69) is 34.2 Å². The molecule has 4 aromatic rings. The summed E-state index contributed by atoms with van der Waals surface area (Å²) in [4.78, 5) is 59.6. The molecule has 0 saturated heterocycles. The number of cyclic esters (lactones) is 4. The van der Waals surface area contributed by atoms with Crippen molar-refractivity contribution in [3.63, 3.8) is 0 Å². The molecule has 1 aliphatic heterocycles. The second kappa shape index (κ2) is 23.3. The number of pyridine rings is 2. The van der Waals surface area contributed by atoms with Crippen molar-refractivity contribution in [3.8, 4) is 11.5 Å². The molecule has 58 heavy (non-hydrogen) atoms. The summed E-state index contributed by atoms with van der Waals surface area (Å²) >= 11 is 6.38. The first-order chi connectivity index (χ1) is 28.2. The summed E-state index contributed by atoms with van der Waals surface area (Å²) in [5.74, 6) is 3.75. The maximum Gasteiger partial charge on any atom is 0.356 e. The average Bonchev–Trinajstić information content (AvgIpc) is 3.22. The van der Waals surface area contributed by atoms with Gasteiger partial charge in [0.25, 0.3) is 0 Å². The van der Waals surface area contributed by atoms with E-state index in [1.807, 2.05) is 13.8 Å². The van der Waals surface area contributed by atoms with Crippen LogP contribution < -0.4 is 9.47 Å². The average molecular weight is 867 g/mol. The van der Waals surface area contributed by atoms with E-state index in [1.165, 1.54) is 24.3 Å². The van der Waals surface area contributed by atoms with Crippen LogP contribution >= 0.6 is 47.0 Å². The van der Waals surface area contributed by atoms with Crippen LogP contribution in [-0.4, -0.2) is 97.5 Å². The van der Waals surface area contributed by atoms with Gasteiger partial charge in [-0.25, -0.2) is 29.1 Å². The van der Waals surface area contributed by atoms with Crippen molar-refractivity contribution in [1.29, 1.82) is 0 Å². The highest BCUT2D eigenvalue weighted by molar-refractivity contribution is 7.99. The third-order valence-corrected chi connectivity index (χ3v) is 12.3. The Balaban J connectivity index is 1.24. The minimum atomic E-state index is -0.620. The molecule has 0 fully saturated rings. The Morgan fingerprint density at radius 2 is 0.724 bits per heavy atom. The molecule has 308 valence electrons. The fourth-order valence-corrected chi connectivity index (χ4v) is 9.05. The number of carbonyl (C=O) groups is 4. The molecule has 5 rings (SSSR count). The van der Waals surface area contributed by atoms with Crippen molar-refractivity contribution in [2.24, 2.45) is 0 Å². The van der Waals surface area contributed by atoms with Gasteiger partial charge in [-0.1, -0.05) is 47.5 Å². The Bertz CT molecular complexity index is 1790. The fourth-order valence-electron chi connectivity index (χ4n) is 5.93. The second-order valence-electron chi connectivity index (χ2n) is 12.8. The van der Waals surface area contributed by atoms with E-state index >= 15 is 0 Å². The lowest BCUT2D eigenvalue weighted by Crippen LogP contribution is -2.14. The Kier molecular flexibility index (Phi) is 17.9. The van der Waals surface area contributed by atoms with Crippen LogP contribution in [0.15, 0.2) is 60.7 Å². The van der Waals surface area contributed by atoms with Gasteiger partial charge in [-0.15, -0.1) is 0 Å². The molecular weight excluding hydrogens is 821 g/mol. The predicted octanol–water partition coefficient (Wildman–Crippen LogP) is 7.78. The third kappa shape index (κ3) is 13.3. The summed E-state index contributed by atoms with van der Waals surface area (Å²) in [6, 6.07) is 17.5. The first-order valence-corrected chi connectivity index (χ1v) is 23.0. The number of nitrogens with zero attached hydrogens (tertiary/aromatic N) is 2. The Labute approximate surface area is 355 Å². The first-order valence-electron chi connectivity index (χ1n) is 18.4. The van der Waals surface area contributed by atoms with Gasteiger partial charge in [0, 0.05) is 68.3 Å². The number of fused-ring (bicyclic) bond motifs is 8. The van der Waals surface area contributed by atoms with E-state index in [0.717, 1.165) is 44.9 Å². The molecule has 12 nitrogen and oxygen atoms in total.